The van der Waals surface area contributed by atoms with E-state index in [-0.39, 0.29) is 12.0 Å². The highest BCUT2D eigenvalue weighted by molar-refractivity contribution is 5.68. The van der Waals surface area contributed by atoms with Gasteiger partial charge in [0.15, 0.2) is 0 Å². The maximum absolute atomic E-state index is 10.5. The molecule has 0 spiro atoms. The second kappa shape index (κ2) is 6.01. The maximum atomic E-state index is 10.5. The van der Waals surface area contributed by atoms with Crippen molar-refractivity contribution in [1.29, 1.82) is 0 Å². The van der Waals surface area contributed by atoms with Crippen molar-refractivity contribution in [2.24, 2.45) is 0 Å². The highest BCUT2D eigenvalue weighted by atomic mass is 16.4. The average Bonchev–Trinajstić information content (AvgIpc) is 2.25. The Balaban J connectivity index is 2.52. The summed E-state index contributed by atoms with van der Waals surface area (Å²) in [6.45, 7) is 7.45. The molecule has 0 saturated heterocycles. The number of carbonyl (C=O) groups is 1. The topological polar surface area (TPSA) is 40.5 Å². The molecule has 0 fully saturated rings. The number of carboxylic acids is 1. The molecule has 0 radical (unpaired) electrons. The molecule has 0 aliphatic carbocycles. The fraction of sp³-hybridized carbons (Fsp3) is 0.533. The summed E-state index contributed by atoms with van der Waals surface area (Å²) in [5.74, 6) is -0.777. The summed E-state index contributed by atoms with van der Waals surface area (Å²) in [5, 5.41) is 8.67. The van der Waals surface area contributed by atoms with Gasteiger partial charge in [0, 0.05) is 6.54 Å². The van der Waals surface area contributed by atoms with E-state index in [1.807, 2.05) is 11.9 Å². The molecule has 0 saturated carbocycles. The Morgan fingerprint density at radius 1 is 1.22 bits per heavy atom. The first-order valence-electron chi connectivity index (χ1n) is 6.29. The normalized spacial score (nSPS) is 11.8. The smallest absolute Gasteiger partial charge is 0.317 e. The lowest BCUT2D eigenvalue weighted by atomic mass is 9.86. The summed E-state index contributed by atoms with van der Waals surface area (Å²) in [4.78, 5) is 12.4. The van der Waals surface area contributed by atoms with Gasteiger partial charge in [-0.3, -0.25) is 9.69 Å². The van der Waals surface area contributed by atoms with E-state index in [1.165, 1.54) is 11.1 Å². The van der Waals surface area contributed by atoms with Gasteiger partial charge in [0.2, 0.25) is 0 Å². The van der Waals surface area contributed by atoms with Crippen molar-refractivity contribution in [2.45, 2.75) is 32.6 Å². The van der Waals surface area contributed by atoms with Gasteiger partial charge < -0.3 is 5.11 Å². The molecule has 0 aliphatic rings. The van der Waals surface area contributed by atoms with Gasteiger partial charge in [0.25, 0.3) is 0 Å². The van der Waals surface area contributed by atoms with Crippen LogP contribution in [0.4, 0.5) is 0 Å². The third kappa shape index (κ3) is 4.88. The lowest BCUT2D eigenvalue weighted by Crippen LogP contribution is -2.27. The van der Waals surface area contributed by atoms with Crippen molar-refractivity contribution < 1.29 is 9.90 Å². The number of aliphatic carboxylic acids is 1. The van der Waals surface area contributed by atoms with Crippen LogP contribution in [-0.4, -0.2) is 36.1 Å². The number of rotatable bonds is 5. The van der Waals surface area contributed by atoms with Gasteiger partial charge in [0.05, 0.1) is 6.54 Å². The zero-order valence-corrected chi connectivity index (χ0v) is 11.7. The van der Waals surface area contributed by atoms with Gasteiger partial charge >= 0.3 is 5.97 Å². The van der Waals surface area contributed by atoms with Crippen LogP contribution in [0.25, 0.3) is 0 Å². The predicted molar refractivity (Wildman–Crippen MR) is 74.0 cm³/mol. The second-order valence-corrected chi connectivity index (χ2v) is 5.83. The molecule has 0 aliphatic heterocycles. The fourth-order valence-electron chi connectivity index (χ4n) is 1.80. The molecule has 1 rings (SSSR count). The van der Waals surface area contributed by atoms with Gasteiger partial charge in [-0.2, -0.15) is 0 Å². The van der Waals surface area contributed by atoms with E-state index in [4.69, 9.17) is 5.11 Å². The summed E-state index contributed by atoms with van der Waals surface area (Å²) in [6.07, 6.45) is 0.883. The van der Waals surface area contributed by atoms with E-state index < -0.39 is 5.97 Å². The van der Waals surface area contributed by atoms with Gasteiger partial charge in [0.1, 0.15) is 0 Å². The van der Waals surface area contributed by atoms with Crippen LogP contribution in [-0.2, 0) is 16.6 Å². The molecule has 0 unspecified atom stereocenters. The second-order valence-electron chi connectivity index (χ2n) is 5.83. The number of carboxylic acid groups (broad SMARTS) is 1. The van der Waals surface area contributed by atoms with Crippen LogP contribution >= 0.6 is 0 Å². The van der Waals surface area contributed by atoms with Crippen molar-refractivity contribution in [2.75, 3.05) is 20.1 Å². The summed E-state index contributed by atoms with van der Waals surface area (Å²) in [7, 11) is 1.83. The average molecular weight is 249 g/mol. The first-order chi connectivity index (χ1) is 8.29. The Morgan fingerprint density at radius 2 is 1.78 bits per heavy atom. The van der Waals surface area contributed by atoms with Gasteiger partial charge in [-0.1, -0.05) is 45.0 Å². The van der Waals surface area contributed by atoms with Crippen molar-refractivity contribution in [3.8, 4) is 0 Å². The maximum Gasteiger partial charge on any atom is 0.317 e. The molecule has 100 valence electrons. The number of hydrogen-bond acceptors (Lipinski definition) is 2. The summed E-state index contributed by atoms with van der Waals surface area (Å²) < 4.78 is 0. The van der Waals surface area contributed by atoms with E-state index in [2.05, 4.69) is 45.0 Å². The molecule has 18 heavy (non-hydrogen) atoms. The first-order valence-corrected chi connectivity index (χ1v) is 6.29. The Labute approximate surface area is 109 Å². The van der Waals surface area contributed by atoms with Crippen LogP contribution in [0, 0.1) is 0 Å². The van der Waals surface area contributed by atoms with Crippen LogP contribution in [0.1, 0.15) is 31.9 Å². The molecular formula is C15H23NO2. The minimum atomic E-state index is -0.777. The SMILES string of the molecule is CN(CCc1ccc(C(C)(C)C)cc1)CC(=O)O. The van der Waals surface area contributed by atoms with E-state index in [0.717, 1.165) is 13.0 Å². The minimum Gasteiger partial charge on any atom is -0.480 e. The summed E-state index contributed by atoms with van der Waals surface area (Å²) in [6, 6.07) is 8.59. The van der Waals surface area contributed by atoms with Gasteiger partial charge in [-0.15, -0.1) is 0 Å². The molecular weight excluding hydrogens is 226 g/mol. The van der Waals surface area contributed by atoms with Crippen molar-refractivity contribution in [1.82, 2.24) is 4.90 Å². The Kier molecular flexibility index (Phi) is 4.91. The number of likely N-dealkylation sites (N-methyl/N-ethyl adjacent to an activating group) is 1. The third-order valence-electron chi connectivity index (χ3n) is 3.01. The molecule has 0 atom stereocenters. The van der Waals surface area contributed by atoms with Gasteiger partial charge in [-0.25, -0.2) is 0 Å². The predicted octanol–water partition coefficient (Wildman–Crippen LogP) is 2.54. The van der Waals surface area contributed by atoms with E-state index >= 15 is 0 Å². The van der Waals surface area contributed by atoms with E-state index in [1.54, 1.807) is 0 Å². The van der Waals surface area contributed by atoms with Crippen molar-refractivity contribution in [3.05, 3.63) is 35.4 Å². The first kappa shape index (κ1) is 14.7. The third-order valence-corrected chi connectivity index (χ3v) is 3.01. The van der Waals surface area contributed by atoms with Crippen LogP contribution < -0.4 is 0 Å². The molecule has 0 bridgehead atoms. The standard InChI is InChI=1S/C15H23NO2/c1-15(2,3)13-7-5-12(6-8-13)9-10-16(4)11-14(17)18/h5-8H,9-11H2,1-4H3,(H,17,18). The molecule has 1 N–H and O–H groups in total. The Hall–Kier alpha value is -1.35. The molecule has 0 heterocycles. The lowest BCUT2D eigenvalue weighted by Gasteiger charge is -2.19. The van der Waals surface area contributed by atoms with Crippen LogP contribution in [0.2, 0.25) is 0 Å². The van der Waals surface area contributed by atoms with Gasteiger partial charge in [-0.05, 0) is 30.0 Å². The van der Waals surface area contributed by atoms with E-state index in [0.29, 0.717) is 0 Å². The zero-order chi connectivity index (χ0) is 13.8. The van der Waals surface area contributed by atoms with Crippen LogP contribution in [0.5, 0.6) is 0 Å². The molecule has 0 amide bonds. The fourth-order valence-corrected chi connectivity index (χ4v) is 1.80. The quantitative estimate of drug-likeness (QED) is 0.871. The van der Waals surface area contributed by atoms with Crippen molar-refractivity contribution >= 4 is 5.97 Å². The lowest BCUT2D eigenvalue weighted by molar-refractivity contribution is -0.137. The summed E-state index contributed by atoms with van der Waals surface area (Å²) >= 11 is 0. The number of nitrogens with zero attached hydrogens (tertiary/aromatic N) is 1. The molecule has 3 nitrogen and oxygen atoms in total. The largest absolute Gasteiger partial charge is 0.480 e. The zero-order valence-electron chi connectivity index (χ0n) is 11.7. The van der Waals surface area contributed by atoms with Crippen molar-refractivity contribution in [3.63, 3.8) is 0 Å². The Bertz CT molecular complexity index is 390. The highest BCUT2D eigenvalue weighted by Gasteiger charge is 2.12. The van der Waals surface area contributed by atoms with Crippen LogP contribution in [0.3, 0.4) is 0 Å². The Morgan fingerprint density at radius 3 is 2.22 bits per heavy atom. The minimum absolute atomic E-state index is 0.0973. The van der Waals surface area contributed by atoms with Crippen LogP contribution in [0.15, 0.2) is 24.3 Å². The molecule has 1 aromatic carbocycles. The number of hydrogen-bond donors (Lipinski definition) is 1. The molecule has 3 heteroatoms. The van der Waals surface area contributed by atoms with E-state index in [9.17, 15) is 4.79 Å². The highest BCUT2D eigenvalue weighted by Crippen LogP contribution is 2.22. The monoisotopic (exact) mass is 249 g/mol. The summed E-state index contributed by atoms with van der Waals surface area (Å²) in [5.41, 5.74) is 2.75. The molecule has 0 aromatic heterocycles. The molecule has 1 aromatic rings. The number of benzene rings is 1.